The maximum atomic E-state index is 11.4. The van der Waals surface area contributed by atoms with E-state index in [-0.39, 0.29) is 12.0 Å². The van der Waals surface area contributed by atoms with Crippen LogP contribution in [0.1, 0.15) is 51.8 Å². The number of aromatic nitrogens is 4. The van der Waals surface area contributed by atoms with E-state index in [1.165, 1.54) is 0 Å². The maximum absolute atomic E-state index is 11.4. The Morgan fingerprint density at radius 1 is 1.52 bits per heavy atom. The number of tetrazole rings is 1. The number of hydrogen-bond donors (Lipinski definition) is 1. The van der Waals surface area contributed by atoms with Gasteiger partial charge in [0.25, 0.3) is 0 Å². The van der Waals surface area contributed by atoms with Crippen molar-refractivity contribution in [2.75, 3.05) is 6.61 Å². The molecule has 1 saturated heterocycles. The van der Waals surface area contributed by atoms with Gasteiger partial charge in [0.05, 0.1) is 18.6 Å². The summed E-state index contributed by atoms with van der Waals surface area (Å²) in [6.45, 7) is 7.16. The minimum absolute atomic E-state index is 0.128. The van der Waals surface area contributed by atoms with E-state index in [0.29, 0.717) is 25.5 Å². The lowest BCUT2D eigenvalue weighted by molar-refractivity contribution is -0.142. The number of carboxylic acids is 1. The highest BCUT2D eigenvalue weighted by Crippen LogP contribution is 2.31. The Morgan fingerprint density at radius 2 is 2.29 bits per heavy atom. The van der Waals surface area contributed by atoms with Crippen LogP contribution in [-0.2, 0) is 16.1 Å². The fourth-order valence-electron chi connectivity index (χ4n) is 2.98. The summed E-state index contributed by atoms with van der Waals surface area (Å²) in [6.07, 6.45) is 2.54. The van der Waals surface area contributed by atoms with Gasteiger partial charge in [0, 0.05) is 12.5 Å². The molecule has 7 nitrogen and oxygen atoms in total. The Balaban J connectivity index is 2.14. The fraction of sp³-hybridized carbons (Fsp3) is 0.857. The van der Waals surface area contributed by atoms with Gasteiger partial charge in [0.1, 0.15) is 0 Å². The van der Waals surface area contributed by atoms with Crippen LogP contribution >= 0.6 is 0 Å². The van der Waals surface area contributed by atoms with Gasteiger partial charge in [-0.15, -0.1) is 5.10 Å². The van der Waals surface area contributed by atoms with Gasteiger partial charge in [-0.05, 0) is 35.6 Å². The van der Waals surface area contributed by atoms with Gasteiger partial charge in [-0.2, -0.15) is 0 Å². The molecule has 0 radical (unpaired) electrons. The molecule has 7 heteroatoms. The molecule has 2 rings (SSSR count). The highest BCUT2D eigenvalue weighted by Gasteiger charge is 2.33. The summed E-state index contributed by atoms with van der Waals surface area (Å²) in [5.41, 5.74) is 0. The Bertz CT molecular complexity index is 475. The number of rotatable bonds is 7. The molecule has 0 amide bonds. The first-order chi connectivity index (χ1) is 10.0. The van der Waals surface area contributed by atoms with Crippen molar-refractivity contribution >= 4 is 5.97 Å². The van der Waals surface area contributed by atoms with E-state index in [1.807, 2.05) is 13.8 Å². The van der Waals surface area contributed by atoms with Crippen molar-refractivity contribution in [2.24, 2.45) is 11.8 Å². The molecular formula is C14H24N4O3. The standard InChI is InChI=1S/C14H24N4O3/c1-4-12-11(5-6-21-12)13-15-16-17-18(13)8-10(14(19)20)7-9(2)3/h9-12H,4-8H2,1-3H3,(H,19,20). The van der Waals surface area contributed by atoms with Crippen molar-refractivity contribution in [1.29, 1.82) is 0 Å². The normalized spacial score (nSPS) is 23.6. The summed E-state index contributed by atoms with van der Waals surface area (Å²) < 4.78 is 7.34. The first kappa shape index (κ1) is 15.9. The number of carboxylic acid groups (broad SMARTS) is 1. The molecule has 0 bridgehead atoms. The second-order valence-corrected chi connectivity index (χ2v) is 6.10. The molecule has 118 valence electrons. The summed E-state index contributed by atoms with van der Waals surface area (Å²) in [4.78, 5) is 11.4. The number of ether oxygens (including phenoxy) is 1. The van der Waals surface area contributed by atoms with E-state index in [1.54, 1.807) is 4.68 Å². The van der Waals surface area contributed by atoms with Gasteiger partial charge >= 0.3 is 5.97 Å². The largest absolute Gasteiger partial charge is 0.481 e. The molecule has 1 aliphatic heterocycles. The van der Waals surface area contributed by atoms with Crippen LogP contribution in [0.2, 0.25) is 0 Å². The van der Waals surface area contributed by atoms with Gasteiger partial charge in [0.15, 0.2) is 5.82 Å². The molecule has 3 unspecified atom stereocenters. The Kier molecular flexibility index (Phi) is 5.27. The van der Waals surface area contributed by atoms with E-state index >= 15 is 0 Å². The number of nitrogens with zero attached hydrogens (tertiary/aromatic N) is 4. The smallest absolute Gasteiger partial charge is 0.308 e. The summed E-state index contributed by atoms with van der Waals surface area (Å²) in [5, 5.41) is 21.2. The predicted octanol–water partition coefficient (Wildman–Crippen LogP) is 1.70. The molecule has 0 aliphatic carbocycles. The molecule has 0 aromatic carbocycles. The lowest BCUT2D eigenvalue weighted by Gasteiger charge is -2.19. The van der Waals surface area contributed by atoms with Crippen LogP contribution in [0.3, 0.4) is 0 Å². The monoisotopic (exact) mass is 296 g/mol. The van der Waals surface area contributed by atoms with Gasteiger partial charge in [0.2, 0.25) is 0 Å². The number of carbonyl (C=O) groups is 1. The van der Waals surface area contributed by atoms with Crippen molar-refractivity contribution in [2.45, 2.75) is 58.6 Å². The third-order valence-electron chi connectivity index (χ3n) is 4.00. The second-order valence-electron chi connectivity index (χ2n) is 6.10. The van der Waals surface area contributed by atoms with E-state index in [9.17, 15) is 9.90 Å². The zero-order valence-corrected chi connectivity index (χ0v) is 12.9. The number of hydrogen-bond acceptors (Lipinski definition) is 5. The lowest BCUT2D eigenvalue weighted by atomic mass is 9.96. The number of aliphatic carboxylic acids is 1. The molecule has 21 heavy (non-hydrogen) atoms. The SMILES string of the molecule is CCC1OCCC1c1nnnn1CC(CC(C)C)C(=O)O. The van der Waals surface area contributed by atoms with E-state index in [0.717, 1.165) is 18.7 Å². The highest BCUT2D eigenvalue weighted by atomic mass is 16.5. The van der Waals surface area contributed by atoms with E-state index < -0.39 is 11.9 Å². The Morgan fingerprint density at radius 3 is 2.90 bits per heavy atom. The quantitative estimate of drug-likeness (QED) is 0.823. The van der Waals surface area contributed by atoms with Gasteiger partial charge in [-0.3, -0.25) is 4.79 Å². The Labute approximate surface area is 124 Å². The van der Waals surface area contributed by atoms with Crippen LogP contribution < -0.4 is 0 Å². The summed E-state index contributed by atoms with van der Waals surface area (Å²) in [7, 11) is 0. The molecule has 2 heterocycles. The van der Waals surface area contributed by atoms with Crippen molar-refractivity contribution in [3.05, 3.63) is 5.82 Å². The van der Waals surface area contributed by atoms with Crippen LogP contribution in [0.5, 0.6) is 0 Å². The first-order valence-electron chi connectivity index (χ1n) is 7.63. The highest BCUT2D eigenvalue weighted by molar-refractivity contribution is 5.69. The van der Waals surface area contributed by atoms with Crippen molar-refractivity contribution < 1.29 is 14.6 Å². The second kappa shape index (κ2) is 6.98. The van der Waals surface area contributed by atoms with Crippen molar-refractivity contribution in [1.82, 2.24) is 20.2 Å². The molecule has 3 atom stereocenters. The van der Waals surface area contributed by atoms with Gasteiger partial charge in [-0.1, -0.05) is 20.8 Å². The van der Waals surface area contributed by atoms with Gasteiger partial charge in [-0.25, -0.2) is 4.68 Å². The molecule has 1 aromatic rings. The maximum Gasteiger partial charge on any atom is 0.308 e. The van der Waals surface area contributed by atoms with E-state index in [4.69, 9.17) is 4.74 Å². The molecule has 1 fully saturated rings. The third kappa shape index (κ3) is 3.78. The van der Waals surface area contributed by atoms with Crippen LogP contribution in [-0.4, -0.2) is 44.0 Å². The lowest BCUT2D eigenvalue weighted by Crippen LogP contribution is -2.25. The summed E-state index contributed by atoms with van der Waals surface area (Å²) in [6, 6.07) is 0. The average molecular weight is 296 g/mol. The average Bonchev–Trinajstić information content (AvgIpc) is 3.04. The van der Waals surface area contributed by atoms with Crippen molar-refractivity contribution in [3.8, 4) is 0 Å². The van der Waals surface area contributed by atoms with E-state index in [2.05, 4.69) is 22.4 Å². The van der Waals surface area contributed by atoms with Crippen LogP contribution in [0.15, 0.2) is 0 Å². The molecular weight excluding hydrogens is 272 g/mol. The molecule has 1 aliphatic rings. The zero-order chi connectivity index (χ0) is 15.4. The molecule has 1 aromatic heterocycles. The summed E-state index contributed by atoms with van der Waals surface area (Å²) in [5.74, 6) is -0.00778. The minimum atomic E-state index is -0.792. The summed E-state index contributed by atoms with van der Waals surface area (Å²) >= 11 is 0. The minimum Gasteiger partial charge on any atom is -0.481 e. The first-order valence-corrected chi connectivity index (χ1v) is 7.63. The molecule has 1 N–H and O–H groups in total. The zero-order valence-electron chi connectivity index (χ0n) is 12.9. The van der Waals surface area contributed by atoms with Crippen molar-refractivity contribution in [3.63, 3.8) is 0 Å². The molecule has 0 spiro atoms. The fourth-order valence-corrected chi connectivity index (χ4v) is 2.98. The van der Waals surface area contributed by atoms with Crippen LogP contribution in [0, 0.1) is 11.8 Å². The van der Waals surface area contributed by atoms with Crippen LogP contribution in [0.4, 0.5) is 0 Å². The Hall–Kier alpha value is -1.50. The van der Waals surface area contributed by atoms with Gasteiger partial charge < -0.3 is 9.84 Å². The predicted molar refractivity (Wildman–Crippen MR) is 75.8 cm³/mol. The van der Waals surface area contributed by atoms with Crippen LogP contribution in [0.25, 0.3) is 0 Å². The third-order valence-corrected chi connectivity index (χ3v) is 4.00. The molecule has 0 saturated carbocycles. The topological polar surface area (TPSA) is 90.1 Å².